The molecule has 0 fully saturated rings. The Kier molecular flexibility index (Phi) is 7.29. The molecule has 3 aromatic heterocycles. The number of benzene rings is 1. The number of nitrogens with two attached hydrogens (primary N) is 1. The van der Waals surface area contributed by atoms with Crippen molar-refractivity contribution < 1.29 is 14.6 Å². The number of fused-ring (bicyclic) bond motifs is 1. The molecule has 33 heavy (non-hydrogen) atoms. The van der Waals surface area contributed by atoms with E-state index in [0.29, 0.717) is 24.7 Å². The fourth-order valence-electron chi connectivity index (χ4n) is 3.79. The average Bonchev–Trinajstić information content (AvgIpc) is 3.29. The molecular weight excluding hydrogens is 418 g/mol. The summed E-state index contributed by atoms with van der Waals surface area (Å²) in [6.45, 7) is 3.02. The highest BCUT2D eigenvalue weighted by atomic mass is 16.5. The lowest BCUT2D eigenvalue weighted by molar-refractivity contribution is 0.190. The van der Waals surface area contributed by atoms with Crippen LogP contribution in [0.1, 0.15) is 37.2 Å². The summed E-state index contributed by atoms with van der Waals surface area (Å²) in [5.41, 5.74) is 10.3. The van der Waals surface area contributed by atoms with Gasteiger partial charge in [0.1, 0.15) is 5.75 Å². The molecular formula is C25H29N5O3. The van der Waals surface area contributed by atoms with E-state index in [-0.39, 0.29) is 12.6 Å². The monoisotopic (exact) mass is 447 g/mol. The molecule has 0 saturated carbocycles. The Balaban J connectivity index is 1.77. The van der Waals surface area contributed by atoms with E-state index in [1.165, 1.54) is 0 Å². The van der Waals surface area contributed by atoms with Crippen molar-refractivity contribution in [2.24, 2.45) is 5.73 Å². The first-order valence-corrected chi connectivity index (χ1v) is 11.1. The standard InChI is InChI=1S/C25H29N5O3/c1-3-33-24-14-17(21-9-5-10-22(29-21)20(26)8-6-12-32-2)13-23-19(24)15-27-30(23)25-11-4-7-18(16-31)28-25/h4-5,7,9-11,13-15,20,31H,3,6,8,12,16,26H2,1-2H3/t20-/m0/s1. The van der Waals surface area contributed by atoms with Gasteiger partial charge in [-0.15, -0.1) is 0 Å². The molecule has 3 heterocycles. The van der Waals surface area contributed by atoms with Crippen LogP contribution in [0.15, 0.2) is 54.7 Å². The van der Waals surface area contributed by atoms with Gasteiger partial charge < -0.3 is 20.3 Å². The third kappa shape index (κ3) is 5.03. The second kappa shape index (κ2) is 10.5. The van der Waals surface area contributed by atoms with Crippen molar-refractivity contribution in [3.63, 3.8) is 0 Å². The molecule has 4 aromatic rings. The number of aliphatic hydroxyl groups is 1. The van der Waals surface area contributed by atoms with Gasteiger partial charge in [0.2, 0.25) is 0 Å². The van der Waals surface area contributed by atoms with Gasteiger partial charge in [-0.1, -0.05) is 12.1 Å². The van der Waals surface area contributed by atoms with Crippen LogP contribution in [0.2, 0.25) is 0 Å². The van der Waals surface area contributed by atoms with E-state index in [9.17, 15) is 5.11 Å². The summed E-state index contributed by atoms with van der Waals surface area (Å²) < 4.78 is 12.8. The Morgan fingerprint density at radius 3 is 2.76 bits per heavy atom. The number of rotatable bonds is 10. The summed E-state index contributed by atoms with van der Waals surface area (Å²) in [6.07, 6.45) is 3.45. The fourth-order valence-corrected chi connectivity index (χ4v) is 3.79. The van der Waals surface area contributed by atoms with E-state index in [1.54, 1.807) is 24.1 Å². The van der Waals surface area contributed by atoms with E-state index in [1.807, 2.05) is 49.4 Å². The molecule has 0 unspecified atom stereocenters. The van der Waals surface area contributed by atoms with Gasteiger partial charge >= 0.3 is 0 Å². The zero-order valence-corrected chi connectivity index (χ0v) is 18.9. The van der Waals surface area contributed by atoms with E-state index in [4.69, 9.17) is 20.2 Å². The molecule has 0 amide bonds. The van der Waals surface area contributed by atoms with E-state index < -0.39 is 0 Å². The summed E-state index contributed by atoms with van der Waals surface area (Å²) in [7, 11) is 1.69. The number of ether oxygens (including phenoxy) is 2. The van der Waals surface area contributed by atoms with Gasteiger partial charge in [-0.25, -0.2) is 9.67 Å². The second-order valence-electron chi connectivity index (χ2n) is 7.73. The highest BCUT2D eigenvalue weighted by Crippen LogP contribution is 2.33. The van der Waals surface area contributed by atoms with E-state index >= 15 is 0 Å². The van der Waals surface area contributed by atoms with Crippen molar-refractivity contribution in [2.75, 3.05) is 20.3 Å². The lowest BCUT2D eigenvalue weighted by atomic mass is 10.0. The lowest BCUT2D eigenvalue weighted by Crippen LogP contribution is -2.13. The zero-order chi connectivity index (χ0) is 23.2. The molecule has 8 nitrogen and oxygen atoms in total. The molecule has 3 N–H and O–H groups in total. The Hall–Kier alpha value is -3.33. The zero-order valence-electron chi connectivity index (χ0n) is 18.9. The highest BCUT2D eigenvalue weighted by Gasteiger charge is 2.16. The van der Waals surface area contributed by atoms with Crippen molar-refractivity contribution in [3.8, 4) is 22.8 Å². The molecule has 0 aliphatic rings. The highest BCUT2D eigenvalue weighted by molar-refractivity contribution is 5.90. The smallest absolute Gasteiger partial charge is 0.154 e. The molecule has 0 radical (unpaired) electrons. The molecule has 8 heteroatoms. The third-order valence-electron chi connectivity index (χ3n) is 5.43. The minimum Gasteiger partial charge on any atom is -0.493 e. The number of hydrogen-bond donors (Lipinski definition) is 2. The Morgan fingerprint density at radius 1 is 1.12 bits per heavy atom. The largest absolute Gasteiger partial charge is 0.493 e. The number of pyridine rings is 2. The molecule has 4 rings (SSSR count). The van der Waals surface area contributed by atoms with Crippen LogP contribution in [-0.2, 0) is 11.3 Å². The molecule has 1 atom stereocenters. The van der Waals surface area contributed by atoms with Crippen molar-refractivity contribution in [1.82, 2.24) is 19.7 Å². The second-order valence-corrected chi connectivity index (χ2v) is 7.73. The van der Waals surface area contributed by atoms with Crippen LogP contribution in [0.25, 0.3) is 28.0 Å². The predicted molar refractivity (Wildman–Crippen MR) is 127 cm³/mol. The fraction of sp³-hybridized carbons (Fsp3) is 0.320. The first-order chi connectivity index (χ1) is 16.1. The number of hydrogen-bond acceptors (Lipinski definition) is 7. The summed E-state index contributed by atoms with van der Waals surface area (Å²) in [5, 5.41) is 14.9. The average molecular weight is 448 g/mol. The molecule has 0 aliphatic carbocycles. The summed E-state index contributed by atoms with van der Waals surface area (Å²) >= 11 is 0. The lowest BCUT2D eigenvalue weighted by Gasteiger charge is -2.13. The van der Waals surface area contributed by atoms with Crippen LogP contribution in [0.4, 0.5) is 0 Å². The van der Waals surface area contributed by atoms with Gasteiger partial charge in [0, 0.05) is 25.3 Å². The number of aliphatic hydroxyl groups excluding tert-OH is 1. The van der Waals surface area contributed by atoms with E-state index in [0.717, 1.165) is 46.4 Å². The minimum atomic E-state index is -0.161. The van der Waals surface area contributed by atoms with Crippen LogP contribution in [0.5, 0.6) is 5.75 Å². The molecule has 1 aromatic carbocycles. The first kappa shape index (κ1) is 22.8. The Labute approximate surface area is 193 Å². The van der Waals surface area contributed by atoms with Gasteiger partial charge in [0.15, 0.2) is 5.82 Å². The van der Waals surface area contributed by atoms with Gasteiger partial charge in [0.05, 0.1) is 47.4 Å². The summed E-state index contributed by atoms with van der Waals surface area (Å²) in [5.74, 6) is 1.35. The predicted octanol–water partition coefficient (Wildman–Crippen LogP) is 3.80. The minimum absolute atomic E-state index is 0.135. The quantitative estimate of drug-likeness (QED) is 0.356. The number of aromatic nitrogens is 4. The van der Waals surface area contributed by atoms with Crippen LogP contribution < -0.4 is 10.5 Å². The maximum absolute atomic E-state index is 9.48. The summed E-state index contributed by atoms with van der Waals surface area (Å²) in [6, 6.07) is 15.2. The normalized spacial score (nSPS) is 12.2. The Bertz CT molecular complexity index is 1220. The molecule has 172 valence electrons. The number of nitrogens with zero attached hydrogens (tertiary/aromatic N) is 4. The van der Waals surface area contributed by atoms with Gasteiger partial charge in [-0.3, -0.25) is 4.98 Å². The van der Waals surface area contributed by atoms with Crippen molar-refractivity contribution in [3.05, 3.63) is 66.1 Å². The molecule has 0 bridgehead atoms. The topological polar surface area (TPSA) is 108 Å². The Morgan fingerprint density at radius 2 is 1.97 bits per heavy atom. The van der Waals surface area contributed by atoms with Crippen LogP contribution >= 0.6 is 0 Å². The third-order valence-corrected chi connectivity index (χ3v) is 5.43. The molecule has 0 saturated heterocycles. The van der Waals surface area contributed by atoms with Gasteiger partial charge in [-0.2, -0.15) is 5.10 Å². The van der Waals surface area contributed by atoms with Crippen LogP contribution in [0, 0.1) is 0 Å². The first-order valence-electron chi connectivity index (χ1n) is 11.1. The molecule has 0 aliphatic heterocycles. The van der Waals surface area contributed by atoms with Crippen LogP contribution in [-0.4, -0.2) is 45.2 Å². The molecule has 0 spiro atoms. The van der Waals surface area contributed by atoms with Crippen molar-refractivity contribution >= 4 is 10.9 Å². The van der Waals surface area contributed by atoms with Crippen LogP contribution in [0.3, 0.4) is 0 Å². The maximum Gasteiger partial charge on any atom is 0.154 e. The maximum atomic E-state index is 9.48. The van der Waals surface area contributed by atoms with Crippen molar-refractivity contribution in [1.29, 1.82) is 0 Å². The SMILES string of the molecule is CCOc1cc(-c2cccc([C@@H](N)CCCOC)n2)cc2c1cnn2-c1cccc(CO)n1. The summed E-state index contributed by atoms with van der Waals surface area (Å²) in [4.78, 5) is 9.35. The number of methoxy groups -OCH3 is 1. The van der Waals surface area contributed by atoms with Crippen molar-refractivity contribution in [2.45, 2.75) is 32.4 Å². The van der Waals surface area contributed by atoms with Gasteiger partial charge in [0.25, 0.3) is 0 Å². The van der Waals surface area contributed by atoms with E-state index in [2.05, 4.69) is 10.1 Å². The van der Waals surface area contributed by atoms with Gasteiger partial charge in [-0.05, 0) is 56.2 Å².